The van der Waals surface area contributed by atoms with E-state index in [4.69, 9.17) is 5.11 Å². The van der Waals surface area contributed by atoms with Crippen molar-refractivity contribution in [1.82, 2.24) is 10.2 Å². The molecular weight excluding hydrogens is 232 g/mol. The molecule has 1 aliphatic rings. The van der Waals surface area contributed by atoms with Gasteiger partial charge in [-0.1, -0.05) is 33.1 Å². The molecule has 1 rings (SSSR count). The second kappa shape index (κ2) is 7.24. The second-order valence-corrected chi connectivity index (χ2v) is 5.08. The van der Waals surface area contributed by atoms with Crippen LogP contribution in [0.5, 0.6) is 0 Å². The van der Waals surface area contributed by atoms with Crippen molar-refractivity contribution >= 4 is 12.0 Å². The van der Waals surface area contributed by atoms with Gasteiger partial charge in [0.05, 0.1) is 5.92 Å². The highest BCUT2D eigenvalue weighted by Gasteiger charge is 2.36. The molecule has 0 radical (unpaired) electrons. The number of rotatable bonds is 7. The summed E-state index contributed by atoms with van der Waals surface area (Å²) in [5.41, 5.74) is 0. The van der Waals surface area contributed by atoms with E-state index in [1.165, 1.54) is 12.8 Å². The normalized spacial score (nSPS) is 17.1. The number of carboxylic acids is 1. The summed E-state index contributed by atoms with van der Waals surface area (Å²) in [5.74, 6) is -1.04. The lowest BCUT2D eigenvalue weighted by molar-refractivity contribution is -0.144. The van der Waals surface area contributed by atoms with Gasteiger partial charge >= 0.3 is 12.0 Å². The molecule has 2 amide bonds. The lowest BCUT2D eigenvalue weighted by Crippen LogP contribution is -2.56. The topological polar surface area (TPSA) is 69.6 Å². The zero-order valence-electron chi connectivity index (χ0n) is 11.3. The minimum Gasteiger partial charge on any atom is -0.481 e. The number of carboxylic acid groups (broad SMARTS) is 1. The Morgan fingerprint density at radius 3 is 2.56 bits per heavy atom. The van der Waals surface area contributed by atoms with Crippen molar-refractivity contribution in [1.29, 1.82) is 0 Å². The van der Waals surface area contributed by atoms with E-state index in [2.05, 4.69) is 12.2 Å². The zero-order valence-corrected chi connectivity index (χ0v) is 11.3. The highest BCUT2D eigenvalue weighted by Crippen LogP contribution is 2.23. The third kappa shape index (κ3) is 4.20. The molecule has 5 nitrogen and oxygen atoms in total. The molecule has 1 saturated heterocycles. The third-order valence-electron chi connectivity index (χ3n) is 3.60. The van der Waals surface area contributed by atoms with Crippen LogP contribution in [0.2, 0.25) is 0 Å². The standard InChI is InChI=1S/C13H24N2O3/c1-3-4-5-6-7-14-13(18)15-8-11(9-15)10(2)12(16)17/h10-11H,3-9H2,1-2H3,(H,14,18)(H,16,17). The Kier molecular flexibility index (Phi) is 5.95. The lowest BCUT2D eigenvalue weighted by Gasteiger charge is -2.41. The monoisotopic (exact) mass is 256 g/mol. The molecular formula is C13H24N2O3. The van der Waals surface area contributed by atoms with Gasteiger partial charge in [-0.15, -0.1) is 0 Å². The first-order chi connectivity index (χ1) is 8.56. The predicted molar refractivity (Wildman–Crippen MR) is 69.4 cm³/mol. The molecule has 0 aromatic rings. The maximum absolute atomic E-state index is 11.7. The van der Waals surface area contributed by atoms with Crippen LogP contribution in [0, 0.1) is 11.8 Å². The van der Waals surface area contributed by atoms with Gasteiger partial charge in [0.2, 0.25) is 0 Å². The molecule has 1 aliphatic heterocycles. The van der Waals surface area contributed by atoms with E-state index in [9.17, 15) is 9.59 Å². The fourth-order valence-corrected chi connectivity index (χ4v) is 2.06. The van der Waals surface area contributed by atoms with E-state index in [1.807, 2.05) is 0 Å². The summed E-state index contributed by atoms with van der Waals surface area (Å²) in [5, 5.41) is 11.7. The molecule has 1 fully saturated rings. The van der Waals surface area contributed by atoms with Gasteiger partial charge < -0.3 is 15.3 Å². The number of nitrogens with zero attached hydrogens (tertiary/aromatic N) is 1. The van der Waals surface area contributed by atoms with Crippen molar-refractivity contribution in [2.75, 3.05) is 19.6 Å². The Balaban J connectivity index is 2.10. The summed E-state index contributed by atoms with van der Waals surface area (Å²) in [4.78, 5) is 24.1. The van der Waals surface area contributed by atoms with E-state index in [0.717, 1.165) is 12.8 Å². The molecule has 1 heterocycles. The Labute approximate surface area is 109 Å². The van der Waals surface area contributed by atoms with Crippen LogP contribution in [-0.4, -0.2) is 41.6 Å². The number of aliphatic carboxylic acids is 1. The third-order valence-corrected chi connectivity index (χ3v) is 3.60. The highest BCUT2D eigenvalue weighted by molar-refractivity contribution is 5.76. The van der Waals surface area contributed by atoms with Gasteiger partial charge in [0, 0.05) is 25.6 Å². The summed E-state index contributed by atoms with van der Waals surface area (Å²) < 4.78 is 0. The maximum Gasteiger partial charge on any atom is 0.317 e. The van der Waals surface area contributed by atoms with Crippen LogP contribution in [0.15, 0.2) is 0 Å². The number of unbranched alkanes of at least 4 members (excludes halogenated alkanes) is 3. The number of nitrogens with one attached hydrogen (secondary N) is 1. The molecule has 2 N–H and O–H groups in total. The first kappa shape index (κ1) is 14.8. The number of carbonyl (C=O) groups is 2. The SMILES string of the molecule is CCCCCCNC(=O)N1CC(C(C)C(=O)O)C1. The van der Waals surface area contributed by atoms with E-state index < -0.39 is 5.97 Å². The molecule has 0 bridgehead atoms. The van der Waals surface area contributed by atoms with Crippen LogP contribution in [0.25, 0.3) is 0 Å². The first-order valence-corrected chi connectivity index (χ1v) is 6.81. The first-order valence-electron chi connectivity index (χ1n) is 6.81. The maximum atomic E-state index is 11.7. The summed E-state index contributed by atoms with van der Waals surface area (Å²) in [6, 6.07) is -0.0552. The average molecular weight is 256 g/mol. The van der Waals surface area contributed by atoms with Crippen LogP contribution >= 0.6 is 0 Å². The summed E-state index contributed by atoms with van der Waals surface area (Å²) >= 11 is 0. The van der Waals surface area contributed by atoms with Gasteiger partial charge in [0.25, 0.3) is 0 Å². The lowest BCUT2D eigenvalue weighted by atomic mass is 9.87. The minimum atomic E-state index is -0.778. The molecule has 5 heteroatoms. The molecule has 104 valence electrons. The minimum absolute atomic E-state index is 0.0552. The van der Waals surface area contributed by atoms with Gasteiger partial charge in [-0.25, -0.2) is 4.79 Å². The Morgan fingerprint density at radius 2 is 2.00 bits per heavy atom. The van der Waals surface area contributed by atoms with E-state index in [1.54, 1.807) is 11.8 Å². The number of urea groups is 1. The fourth-order valence-electron chi connectivity index (χ4n) is 2.06. The van der Waals surface area contributed by atoms with Gasteiger partial charge in [0.1, 0.15) is 0 Å². The van der Waals surface area contributed by atoms with Crippen molar-refractivity contribution in [3.05, 3.63) is 0 Å². The fraction of sp³-hybridized carbons (Fsp3) is 0.846. The van der Waals surface area contributed by atoms with Gasteiger partial charge in [-0.05, 0) is 6.42 Å². The zero-order chi connectivity index (χ0) is 13.5. The predicted octanol–water partition coefficient (Wildman–Crippen LogP) is 1.93. The van der Waals surface area contributed by atoms with E-state index in [0.29, 0.717) is 19.6 Å². The van der Waals surface area contributed by atoms with Crippen LogP contribution in [0.4, 0.5) is 4.79 Å². The molecule has 0 saturated carbocycles. The number of carbonyl (C=O) groups excluding carboxylic acids is 1. The van der Waals surface area contributed by atoms with Crippen LogP contribution in [-0.2, 0) is 4.79 Å². The molecule has 0 spiro atoms. The molecule has 1 atom stereocenters. The molecule has 1 unspecified atom stereocenters. The Bertz CT molecular complexity index is 288. The number of hydrogen-bond acceptors (Lipinski definition) is 2. The summed E-state index contributed by atoms with van der Waals surface area (Å²) in [7, 11) is 0. The Morgan fingerprint density at radius 1 is 1.33 bits per heavy atom. The number of likely N-dealkylation sites (tertiary alicyclic amines) is 1. The van der Waals surface area contributed by atoms with Crippen LogP contribution in [0.3, 0.4) is 0 Å². The molecule has 0 aromatic carbocycles. The van der Waals surface area contributed by atoms with Crippen molar-refractivity contribution in [3.63, 3.8) is 0 Å². The van der Waals surface area contributed by atoms with Crippen molar-refractivity contribution < 1.29 is 14.7 Å². The highest BCUT2D eigenvalue weighted by atomic mass is 16.4. The molecule has 18 heavy (non-hydrogen) atoms. The second-order valence-electron chi connectivity index (χ2n) is 5.08. The summed E-state index contributed by atoms with van der Waals surface area (Å²) in [6.07, 6.45) is 4.56. The van der Waals surface area contributed by atoms with Crippen molar-refractivity contribution in [3.8, 4) is 0 Å². The largest absolute Gasteiger partial charge is 0.481 e. The van der Waals surface area contributed by atoms with E-state index >= 15 is 0 Å². The van der Waals surface area contributed by atoms with Crippen LogP contribution < -0.4 is 5.32 Å². The Hall–Kier alpha value is -1.26. The van der Waals surface area contributed by atoms with Crippen molar-refractivity contribution in [2.45, 2.75) is 39.5 Å². The average Bonchev–Trinajstić information content (AvgIpc) is 2.26. The van der Waals surface area contributed by atoms with E-state index in [-0.39, 0.29) is 17.9 Å². The van der Waals surface area contributed by atoms with Gasteiger partial charge in [-0.2, -0.15) is 0 Å². The number of amides is 2. The van der Waals surface area contributed by atoms with Crippen molar-refractivity contribution in [2.24, 2.45) is 11.8 Å². The number of hydrogen-bond donors (Lipinski definition) is 2. The van der Waals surface area contributed by atoms with Gasteiger partial charge in [0.15, 0.2) is 0 Å². The molecule has 0 aromatic heterocycles. The quantitative estimate of drug-likeness (QED) is 0.684. The molecule has 0 aliphatic carbocycles. The van der Waals surface area contributed by atoms with Gasteiger partial charge in [-0.3, -0.25) is 4.79 Å². The smallest absolute Gasteiger partial charge is 0.317 e. The van der Waals surface area contributed by atoms with Crippen LogP contribution in [0.1, 0.15) is 39.5 Å². The summed E-state index contributed by atoms with van der Waals surface area (Å²) in [6.45, 7) is 5.70.